The lowest BCUT2D eigenvalue weighted by Crippen LogP contribution is -2.40. The second kappa shape index (κ2) is 8.15. The molecule has 0 saturated carbocycles. The van der Waals surface area contributed by atoms with Crippen molar-refractivity contribution < 1.29 is 4.74 Å². The molecule has 3 heteroatoms. The average Bonchev–Trinajstić information content (AvgIpc) is 2.50. The standard InChI is InChI=1S/C17H28N2O/c1-3-5-8-14(4-2)11-18-12-15-13-19-16-9-6-7-10-17(16)20-15/h6-7,9-10,14-15,18-19H,3-5,8,11-13H2,1-2H3. The summed E-state index contributed by atoms with van der Waals surface area (Å²) < 4.78 is 6.00. The Balaban J connectivity index is 1.70. The molecular formula is C17H28N2O. The van der Waals surface area contributed by atoms with Crippen molar-refractivity contribution in [2.45, 2.75) is 45.6 Å². The normalized spacial score (nSPS) is 18.8. The van der Waals surface area contributed by atoms with Gasteiger partial charge in [-0.05, 0) is 31.0 Å². The summed E-state index contributed by atoms with van der Waals surface area (Å²) in [6.45, 7) is 7.47. The van der Waals surface area contributed by atoms with Gasteiger partial charge in [-0.25, -0.2) is 0 Å². The molecule has 2 N–H and O–H groups in total. The van der Waals surface area contributed by atoms with Crippen LogP contribution in [0.3, 0.4) is 0 Å². The van der Waals surface area contributed by atoms with Crippen molar-refractivity contribution in [2.24, 2.45) is 5.92 Å². The lowest BCUT2D eigenvalue weighted by atomic mass is 9.99. The highest BCUT2D eigenvalue weighted by Gasteiger charge is 2.18. The first-order valence-corrected chi connectivity index (χ1v) is 8.03. The highest BCUT2D eigenvalue weighted by molar-refractivity contribution is 5.57. The molecule has 2 atom stereocenters. The van der Waals surface area contributed by atoms with E-state index in [1.165, 1.54) is 25.7 Å². The van der Waals surface area contributed by atoms with Gasteiger partial charge in [-0.3, -0.25) is 0 Å². The molecule has 0 radical (unpaired) electrons. The van der Waals surface area contributed by atoms with Gasteiger partial charge in [0.2, 0.25) is 0 Å². The molecule has 3 nitrogen and oxygen atoms in total. The molecule has 0 fully saturated rings. The third kappa shape index (κ3) is 4.41. The summed E-state index contributed by atoms with van der Waals surface area (Å²) in [5.74, 6) is 1.78. The highest BCUT2D eigenvalue weighted by Crippen LogP contribution is 2.27. The van der Waals surface area contributed by atoms with E-state index in [0.717, 1.165) is 37.0 Å². The van der Waals surface area contributed by atoms with Crippen LogP contribution in [0.4, 0.5) is 5.69 Å². The van der Waals surface area contributed by atoms with E-state index in [-0.39, 0.29) is 6.10 Å². The maximum Gasteiger partial charge on any atom is 0.142 e. The van der Waals surface area contributed by atoms with Crippen LogP contribution in [0.25, 0.3) is 0 Å². The molecule has 2 rings (SSSR count). The van der Waals surface area contributed by atoms with Gasteiger partial charge >= 0.3 is 0 Å². The van der Waals surface area contributed by atoms with E-state index < -0.39 is 0 Å². The molecule has 0 aromatic heterocycles. The Morgan fingerprint density at radius 1 is 1.35 bits per heavy atom. The second-order valence-electron chi connectivity index (χ2n) is 5.69. The van der Waals surface area contributed by atoms with Gasteiger partial charge in [0.1, 0.15) is 11.9 Å². The molecule has 1 aliphatic heterocycles. The number of anilines is 1. The van der Waals surface area contributed by atoms with E-state index >= 15 is 0 Å². The van der Waals surface area contributed by atoms with Gasteiger partial charge in [-0.1, -0.05) is 45.2 Å². The SMILES string of the molecule is CCCCC(CC)CNCC1CNc2ccccc2O1. The van der Waals surface area contributed by atoms with Crippen LogP contribution in [0, 0.1) is 5.92 Å². The number of hydrogen-bond donors (Lipinski definition) is 2. The molecule has 1 aromatic rings. The molecule has 0 saturated heterocycles. The molecule has 0 amide bonds. The zero-order valence-corrected chi connectivity index (χ0v) is 12.8. The maximum atomic E-state index is 6.00. The van der Waals surface area contributed by atoms with Gasteiger partial charge in [0.05, 0.1) is 12.2 Å². The van der Waals surface area contributed by atoms with E-state index in [9.17, 15) is 0 Å². The van der Waals surface area contributed by atoms with Crippen LogP contribution in [-0.4, -0.2) is 25.7 Å². The van der Waals surface area contributed by atoms with Crippen molar-refractivity contribution in [2.75, 3.05) is 25.0 Å². The zero-order chi connectivity index (χ0) is 14.2. The fourth-order valence-electron chi connectivity index (χ4n) is 2.67. The van der Waals surface area contributed by atoms with Gasteiger partial charge in [0, 0.05) is 6.54 Å². The Hall–Kier alpha value is -1.22. The number of fused-ring (bicyclic) bond motifs is 1. The van der Waals surface area contributed by atoms with Crippen LogP contribution in [0.5, 0.6) is 5.75 Å². The summed E-state index contributed by atoms with van der Waals surface area (Å²) in [6, 6.07) is 8.16. The van der Waals surface area contributed by atoms with Crippen molar-refractivity contribution in [1.29, 1.82) is 0 Å². The fraction of sp³-hybridized carbons (Fsp3) is 0.647. The van der Waals surface area contributed by atoms with Gasteiger partial charge in [0.25, 0.3) is 0 Å². The number of rotatable bonds is 8. The molecule has 0 spiro atoms. The summed E-state index contributed by atoms with van der Waals surface area (Å²) >= 11 is 0. The number of hydrogen-bond acceptors (Lipinski definition) is 3. The van der Waals surface area contributed by atoms with Crippen molar-refractivity contribution in [3.63, 3.8) is 0 Å². The van der Waals surface area contributed by atoms with Crippen LogP contribution >= 0.6 is 0 Å². The minimum Gasteiger partial charge on any atom is -0.485 e. The zero-order valence-electron chi connectivity index (χ0n) is 12.8. The Labute approximate surface area is 123 Å². The summed E-state index contributed by atoms with van der Waals surface area (Å²) in [5, 5.41) is 7.01. The number of benzene rings is 1. The monoisotopic (exact) mass is 276 g/mol. The van der Waals surface area contributed by atoms with E-state index in [4.69, 9.17) is 4.74 Å². The van der Waals surface area contributed by atoms with E-state index in [1.807, 2.05) is 18.2 Å². The molecule has 1 heterocycles. The molecule has 0 aliphatic carbocycles. The highest BCUT2D eigenvalue weighted by atomic mass is 16.5. The number of ether oxygens (including phenoxy) is 1. The Bertz CT molecular complexity index is 394. The van der Waals surface area contributed by atoms with Gasteiger partial charge in [-0.15, -0.1) is 0 Å². The second-order valence-corrected chi connectivity index (χ2v) is 5.69. The van der Waals surface area contributed by atoms with Gasteiger partial charge in [-0.2, -0.15) is 0 Å². The summed E-state index contributed by atoms with van der Waals surface area (Å²) in [6.07, 6.45) is 5.47. The lowest BCUT2D eigenvalue weighted by molar-refractivity contribution is 0.199. The Morgan fingerprint density at radius 3 is 3.00 bits per heavy atom. The minimum absolute atomic E-state index is 0.230. The predicted octanol–water partition coefficient (Wildman–Crippen LogP) is 3.67. The average molecular weight is 276 g/mol. The lowest BCUT2D eigenvalue weighted by Gasteiger charge is -2.28. The van der Waals surface area contributed by atoms with Crippen LogP contribution in [0.2, 0.25) is 0 Å². The Kier molecular flexibility index (Phi) is 6.19. The van der Waals surface area contributed by atoms with Crippen molar-refractivity contribution in [3.8, 4) is 5.75 Å². The number of nitrogens with one attached hydrogen (secondary N) is 2. The van der Waals surface area contributed by atoms with Crippen molar-refractivity contribution in [1.82, 2.24) is 5.32 Å². The van der Waals surface area contributed by atoms with E-state index in [1.54, 1.807) is 0 Å². The molecule has 20 heavy (non-hydrogen) atoms. The third-order valence-corrected chi connectivity index (χ3v) is 4.05. The largest absolute Gasteiger partial charge is 0.485 e. The smallest absolute Gasteiger partial charge is 0.142 e. The van der Waals surface area contributed by atoms with E-state index in [0.29, 0.717) is 0 Å². The van der Waals surface area contributed by atoms with Gasteiger partial charge in [0.15, 0.2) is 0 Å². The molecule has 112 valence electrons. The first-order chi connectivity index (χ1) is 9.83. The van der Waals surface area contributed by atoms with E-state index in [2.05, 4.69) is 30.5 Å². The number of para-hydroxylation sites is 2. The van der Waals surface area contributed by atoms with Crippen LogP contribution < -0.4 is 15.4 Å². The quantitative estimate of drug-likeness (QED) is 0.760. The summed E-state index contributed by atoms with van der Waals surface area (Å²) in [7, 11) is 0. The topological polar surface area (TPSA) is 33.3 Å². The minimum atomic E-state index is 0.230. The van der Waals surface area contributed by atoms with Gasteiger partial charge < -0.3 is 15.4 Å². The Morgan fingerprint density at radius 2 is 2.20 bits per heavy atom. The van der Waals surface area contributed by atoms with Crippen molar-refractivity contribution in [3.05, 3.63) is 24.3 Å². The van der Waals surface area contributed by atoms with Crippen LogP contribution in [-0.2, 0) is 0 Å². The first-order valence-electron chi connectivity index (χ1n) is 8.03. The molecule has 0 bridgehead atoms. The predicted molar refractivity (Wildman–Crippen MR) is 85.5 cm³/mol. The molecule has 1 aromatic carbocycles. The summed E-state index contributed by atoms with van der Waals surface area (Å²) in [5.41, 5.74) is 1.11. The third-order valence-electron chi connectivity index (χ3n) is 4.05. The molecular weight excluding hydrogens is 248 g/mol. The number of unbranched alkanes of at least 4 members (excludes halogenated alkanes) is 1. The maximum absolute atomic E-state index is 6.00. The van der Waals surface area contributed by atoms with Crippen LogP contribution in [0.15, 0.2) is 24.3 Å². The van der Waals surface area contributed by atoms with Crippen molar-refractivity contribution >= 4 is 5.69 Å². The van der Waals surface area contributed by atoms with Crippen LogP contribution in [0.1, 0.15) is 39.5 Å². The molecule has 1 aliphatic rings. The molecule has 2 unspecified atom stereocenters. The first kappa shape index (κ1) is 15.2. The summed E-state index contributed by atoms with van der Waals surface area (Å²) in [4.78, 5) is 0. The fourth-order valence-corrected chi connectivity index (χ4v) is 2.67.